The highest BCUT2D eigenvalue weighted by Gasteiger charge is 2.31. The summed E-state index contributed by atoms with van der Waals surface area (Å²) in [6.45, 7) is 15.2. The number of thiazole rings is 1. The Labute approximate surface area is 160 Å². The van der Waals surface area contributed by atoms with E-state index in [4.69, 9.17) is 0 Å². The summed E-state index contributed by atoms with van der Waals surface area (Å²) in [5.74, 6) is 0.211. The Morgan fingerprint density at radius 1 is 0.880 bits per heavy atom. The van der Waals surface area contributed by atoms with Crippen molar-refractivity contribution < 1.29 is 8.42 Å². The van der Waals surface area contributed by atoms with Crippen molar-refractivity contribution in [1.82, 2.24) is 4.98 Å². The number of rotatable bonds is 6. The monoisotopic (exact) mass is 401 g/mol. The maximum Gasteiger partial charge on any atom is 0.210 e. The average Bonchev–Trinajstić information content (AvgIpc) is 3.00. The van der Waals surface area contributed by atoms with Gasteiger partial charge in [-0.05, 0) is 17.3 Å². The van der Waals surface area contributed by atoms with Crippen molar-refractivity contribution >= 4 is 42.7 Å². The minimum absolute atomic E-state index is 0.0128. The van der Waals surface area contributed by atoms with Gasteiger partial charge < -0.3 is 0 Å². The van der Waals surface area contributed by atoms with E-state index in [2.05, 4.69) is 53.5 Å². The minimum atomic E-state index is -3.28. The SMILES string of the molecule is CCCCCCS(=O)(=O)c1nc2c(C(C)(C)C)sc(C(C)(C)C)c2s1. The Hall–Kier alpha value is -0.460. The molecule has 0 fully saturated rings. The summed E-state index contributed by atoms with van der Waals surface area (Å²) < 4.78 is 26.8. The Kier molecular flexibility index (Phi) is 6.07. The summed E-state index contributed by atoms with van der Waals surface area (Å²) in [5.41, 5.74) is 0.851. The lowest BCUT2D eigenvalue weighted by Crippen LogP contribution is -2.11. The second-order valence-electron chi connectivity index (χ2n) is 8.80. The van der Waals surface area contributed by atoms with Gasteiger partial charge in [0.1, 0.15) is 0 Å². The first-order chi connectivity index (χ1) is 11.4. The van der Waals surface area contributed by atoms with Gasteiger partial charge in [0.2, 0.25) is 14.2 Å². The molecule has 2 aromatic heterocycles. The molecule has 0 radical (unpaired) electrons. The number of sulfone groups is 1. The van der Waals surface area contributed by atoms with E-state index in [9.17, 15) is 8.42 Å². The van der Waals surface area contributed by atoms with Gasteiger partial charge in [-0.3, -0.25) is 0 Å². The molecule has 0 unspecified atom stereocenters. The molecule has 0 aliphatic rings. The number of nitrogens with zero attached hydrogens (tertiary/aromatic N) is 1. The van der Waals surface area contributed by atoms with Crippen LogP contribution in [-0.4, -0.2) is 19.2 Å². The fourth-order valence-electron chi connectivity index (χ4n) is 2.75. The number of hydrogen-bond donors (Lipinski definition) is 0. The van der Waals surface area contributed by atoms with E-state index in [0.717, 1.165) is 35.9 Å². The lowest BCUT2D eigenvalue weighted by atomic mass is 9.92. The van der Waals surface area contributed by atoms with E-state index < -0.39 is 9.84 Å². The van der Waals surface area contributed by atoms with Gasteiger partial charge in [-0.2, -0.15) is 0 Å². The standard InChI is InChI=1S/C19H31NO2S3/c1-8-9-10-11-12-25(21,22)17-20-13-14(23-17)16(19(5,6)7)24-15(13)18(2,3)4/h8-12H2,1-7H3. The van der Waals surface area contributed by atoms with Crippen molar-refractivity contribution in [3.05, 3.63) is 9.75 Å². The second kappa shape index (κ2) is 7.28. The first kappa shape index (κ1) is 20.8. The quantitative estimate of drug-likeness (QED) is 0.533. The van der Waals surface area contributed by atoms with E-state index in [-0.39, 0.29) is 16.6 Å². The van der Waals surface area contributed by atoms with Crippen LogP contribution in [0.25, 0.3) is 10.2 Å². The molecule has 0 aliphatic heterocycles. The predicted octanol–water partition coefficient (Wildman–Crippen LogP) is 6.31. The lowest BCUT2D eigenvalue weighted by Gasteiger charge is -2.18. The van der Waals surface area contributed by atoms with E-state index >= 15 is 0 Å². The van der Waals surface area contributed by atoms with Crippen LogP contribution in [-0.2, 0) is 20.7 Å². The third-order valence-electron chi connectivity index (χ3n) is 4.13. The van der Waals surface area contributed by atoms with Crippen LogP contribution in [0.5, 0.6) is 0 Å². The molecule has 0 atom stereocenters. The zero-order valence-electron chi connectivity index (χ0n) is 16.5. The topological polar surface area (TPSA) is 47.0 Å². The molecule has 6 heteroatoms. The van der Waals surface area contributed by atoms with Crippen molar-refractivity contribution in [3.63, 3.8) is 0 Å². The zero-order chi connectivity index (χ0) is 19.0. The number of fused-ring (bicyclic) bond motifs is 1. The van der Waals surface area contributed by atoms with E-state index in [1.54, 1.807) is 11.3 Å². The molecule has 2 aromatic rings. The van der Waals surface area contributed by atoms with Gasteiger partial charge in [-0.25, -0.2) is 13.4 Å². The van der Waals surface area contributed by atoms with Crippen LogP contribution in [0.4, 0.5) is 0 Å². The summed E-state index contributed by atoms with van der Waals surface area (Å²) in [4.78, 5) is 7.06. The normalized spacial score (nSPS) is 13.7. The Bertz CT molecular complexity index is 784. The zero-order valence-corrected chi connectivity index (χ0v) is 19.0. The van der Waals surface area contributed by atoms with Crippen LogP contribution in [0.3, 0.4) is 0 Å². The third kappa shape index (κ3) is 4.64. The minimum Gasteiger partial charge on any atom is -0.224 e. The van der Waals surface area contributed by atoms with Gasteiger partial charge >= 0.3 is 0 Å². The molecule has 2 heterocycles. The summed E-state index contributed by atoms with van der Waals surface area (Å²) in [6.07, 6.45) is 3.89. The first-order valence-corrected chi connectivity index (χ1v) is 12.3. The fraction of sp³-hybridized carbons (Fsp3) is 0.737. The Morgan fingerprint density at radius 2 is 1.48 bits per heavy atom. The van der Waals surface area contributed by atoms with Gasteiger partial charge in [0.15, 0.2) is 0 Å². The summed E-state index contributed by atoms with van der Waals surface area (Å²) >= 11 is 3.16. The molecule has 3 nitrogen and oxygen atoms in total. The van der Waals surface area contributed by atoms with Crippen molar-refractivity contribution in [3.8, 4) is 0 Å². The second-order valence-corrected chi connectivity index (χ2v) is 13.1. The van der Waals surface area contributed by atoms with Gasteiger partial charge in [0.05, 0.1) is 16.0 Å². The van der Waals surface area contributed by atoms with Crippen LogP contribution >= 0.6 is 22.7 Å². The van der Waals surface area contributed by atoms with Crippen molar-refractivity contribution in [2.75, 3.05) is 5.75 Å². The highest BCUT2D eigenvalue weighted by molar-refractivity contribution is 7.93. The molecule has 2 rings (SSSR count). The van der Waals surface area contributed by atoms with E-state index in [0.29, 0.717) is 4.34 Å². The molecular weight excluding hydrogens is 370 g/mol. The summed E-state index contributed by atoms with van der Waals surface area (Å²) in [5, 5.41) is 0. The molecule has 0 aliphatic carbocycles. The Balaban J connectivity index is 2.49. The van der Waals surface area contributed by atoms with Gasteiger partial charge in [0.25, 0.3) is 0 Å². The Morgan fingerprint density at radius 3 is 2.00 bits per heavy atom. The summed E-state index contributed by atoms with van der Waals surface area (Å²) in [7, 11) is -3.28. The smallest absolute Gasteiger partial charge is 0.210 e. The van der Waals surface area contributed by atoms with Crippen LogP contribution in [0.15, 0.2) is 4.34 Å². The molecule has 0 aromatic carbocycles. The van der Waals surface area contributed by atoms with Gasteiger partial charge in [-0.1, -0.05) is 67.7 Å². The van der Waals surface area contributed by atoms with Crippen LogP contribution in [0.1, 0.15) is 83.9 Å². The highest BCUT2D eigenvalue weighted by atomic mass is 32.2. The predicted molar refractivity (Wildman–Crippen MR) is 111 cm³/mol. The first-order valence-electron chi connectivity index (χ1n) is 9.05. The van der Waals surface area contributed by atoms with Gasteiger partial charge in [0, 0.05) is 9.75 Å². The molecular formula is C19H31NO2S3. The van der Waals surface area contributed by atoms with E-state index in [1.807, 2.05) is 0 Å². The van der Waals surface area contributed by atoms with Crippen molar-refractivity contribution in [2.45, 2.75) is 89.3 Å². The molecule has 0 N–H and O–H groups in total. The molecule has 25 heavy (non-hydrogen) atoms. The van der Waals surface area contributed by atoms with Crippen LogP contribution in [0.2, 0.25) is 0 Å². The highest BCUT2D eigenvalue weighted by Crippen LogP contribution is 2.46. The third-order valence-corrected chi connectivity index (χ3v) is 9.62. The van der Waals surface area contributed by atoms with Crippen molar-refractivity contribution in [2.24, 2.45) is 0 Å². The molecule has 0 amide bonds. The molecule has 142 valence electrons. The number of unbranched alkanes of at least 4 members (excludes halogenated alkanes) is 3. The molecule has 0 spiro atoms. The molecule has 0 bridgehead atoms. The number of thiophene rings is 1. The number of aromatic nitrogens is 1. The maximum absolute atomic E-state index is 12.7. The average molecular weight is 402 g/mol. The maximum atomic E-state index is 12.7. The molecule has 0 saturated carbocycles. The van der Waals surface area contributed by atoms with Crippen LogP contribution < -0.4 is 0 Å². The van der Waals surface area contributed by atoms with Crippen molar-refractivity contribution in [1.29, 1.82) is 0 Å². The summed E-state index contributed by atoms with van der Waals surface area (Å²) in [6, 6.07) is 0. The molecule has 0 saturated heterocycles. The van der Waals surface area contributed by atoms with E-state index in [1.165, 1.54) is 21.1 Å². The van der Waals surface area contributed by atoms with Gasteiger partial charge in [-0.15, -0.1) is 22.7 Å². The van der Waals surface area contributed by atoms with Crippen LogP contribution in [0, 0.1) is 0 Å². The number of hydrogen-bond acceptors (Lipinski definition) is 5. The fourth-order valence-corrected chi connectivity index (χ4v) is 7.26. The lowest BCUT2D eigenvalue weighted by molar-refractivity contribution is 0.587. The largest absolute Gasteiger partial charge is 0.224 e.